The van der Waals surface area contributed by atoms with E-state index in [4.69, 9.17) is 10.9 Å². The Labute approximate surface area is 125 Å². The number of carbonyl (C=O) groups excluding carboxylic acids is 1. The quantitative estimate of drug-likeness (QED) is 0.324. The summed E-state index contributed by atoms with van der Waals surface area (Å²) in [5.74, 6) is 0.190. The molecular formula is C16H23N3O2. The zero-order valence-electron chi connectivity index (χ0n) is 12.6. The van der Waals surface area contributed by atoms with Crippen LogP contribution >= 0.6 is 0 Å². The molecule has 1 aliphatic carbocycles. The first kappa shape index (κ1) is 15.4. The Bertz CT molecular complexity index is 550. The van der Waals surface area contributed by atoms with Crippen molar-refractivity contribution in [3.05, 3.63) is 35.4 Å². The normalized spacial score (nSPS) is 17.8. The van der Waals surface area contributed by atoms with Crippen molar-refractivity contribution < 1.29 is 10.0 Å². The molecule has 2 rings (SSSR count). The van der Waals surface area contributed by atoms with Gasteiger partial charge in [0.25, 0.3) is 0 Å². The fourth-order valence-corrected chi connectivity index (χ4v) is 3.08. The van der Waals surface area contributed by atoms with Gasteiger partial charge in [-0.25, -0.2) is 0 Å². The molecule has 0 fully saturated rings. The van der Waals surface area contributed by atoms with Gasteiger partial charge in [0.15, 0.2) is 5.84 Å². The van der Waals surface area contributed by atoms with Gasteiger partial charge < -0.3 is 16.3 Å². The number of amidine groups is 1. The summed E-state index contributed by atoms with van der Waals surface area (Å²) in [5, 5.41) is 15.0. The van der Waals surface area contributed by atoms with Gasteiger partial charge in [-0.3, -0.25) is 4.79 Å². The van der Waals surface area contributed by atoms with Gasteiger partial charge in [-0.15, -0.1) is 0 Å². The third kappa shape index (κ3) is 2.60. The summed E-state index contributed by atoms with van der Waals surface area (Å²) in [6, 6.07) is 8.27. The number of fused-ring (bicyclic) bond motifs is 1. The molecular weight excluding hydrogens is 266 g/mol. The zero-order chi connectivity index (χ0) is 15.5. The summed E-state index contributed by atoms with van der Waals surface area (Å²) in [5.41, 5.74) is 7.48. The Morgan fingerprint density at radius 1 is 1.43 bits per heavy atom. The van der Waals surface area contributed by atoms with E-state index in [-0.39, 0.29) is 11.7 Å². The van der Waals surface area contributed by atoms with Gasteiger partial charge >= 0.3 is 0 Å². The SMILES string of the molecule is CCC(CC)(C(=O)NCC1Cc2ccccc21)C(N)=NO. The maximum Gasteiger partial charge on any atom is 0.233 e. The molecule has 0 spiro atoms. The molecule has 1 unspecified atom stereocenters. The van der Waals surface area contributed by atoms with Crippen molar-refractivity contribution >= 4 is 11.7 Å². The van der Waals surface area contributed by atoms with Crippen LogP contribution < -0.4 is 11.1 Å². The maximum absolute atomic E-state index is 12.5. The number of hydrogen-bond donors (Lipinski definition) is 3. The molecule has 5 heteroatoms. The minimum atomic E-state index is -0.919. The van der Waals surface area contributed by atoms with Crippen molar-refractivity contribution in [2.24, 2.45) is 16.3 Å². The van der Waals surface area contributed by atoms with Gasteiger partial charge in [-0.2, -0.15) is 0 Å². The molecule has 0 bridgehead atoms. The first-order valence-electron chi connectivity index (χ1n) is 7.43. The predicted octanol–water partition coefficient (Wildman–Crippen LogP) is 2.00. The molecule has 0 aromatic heterocycles. The fraction of sp³-hybridized carbons (Fsp3) is 0.500. The van der Waals surface area contributed by atoms with Crippen molar-refractivity contribution in [3.8, 4) is 0 Å². The van der Waals surface area contributed by atoms with Crippen molar-refractivity contribution in [1.29, 1.82) is 0 Å². The van der Waals surface area contributed by atoms with Crippen LogP contribution in [0.4, 0.5) is 0 Å². The average Bonchev–Trinajstić information content (AvgIpc) is 2.49. The Balaban J connectivity index is 2.02. The molecule has 1 aliphatic rings. The summed E-state index contributed by atoms with van der Waals surface area (Å²) in [6.07, 6.45) is 2.00. The standard InChI is InChI=1S/C16H23N3O2/c1-3-16(4-2,14(17)19-21)15(20)18-10-12-9-11-7-5-6-8-13(11)12/h5-8,12,21H,3-4,9-10H2,1-2H3,(H2,17,19)(H,18,20). The van der Waals surface area contributed by atoms with Crippen LogP contribution in [-0.4, -0.2) is 23.5 Å². The molecule has 0 aliphatic heterocycles. The summed E-state index contributed by atoms with van der Waals surface area (Å²) in [4.78, 5) is 12.5. The number of carbonyl (C=O) groups is 1. The van der Waals surface area contributed by atoms with Gasteiger partial charge in [0.2, 0.25) is 5.91 Å². The molecule has 4 N–H and O–H groups in total. The van der Waals surface area contributed by atoms with Gasteiger partial charge in [0, 0.05) is 12.5 Å². The monoisotopic (exact) mass is 289 g/mol. The molecule has 1 aromatic carbocycles. The highest BCUT2D eigenvalue weighted by Crippen LogP contribution is 2.34. The van der Waals surface area contributed by atoms with Crippen LogP contribution in [0.1, 0.15) is 43.7 Å². The van der Waals surface area contributed by atoms with Gasteiger partial charge in [0.1, 0.15) is 5.41 Å². The van der Waals surface area contributed by atoms with Crippen LogP contribution in [0, 0.1) is 5.41 Å². The second-order valence-corrected chi connectivity index (χ2v) is 5.58. The molecule has 0 saturated carbocycles. The van der Waals surface area contributed by atoms with E-state index in [9.17, 15) is 4.79 Å². The van der Waals surface area contributed by atoms with Gasteiger partial charge in [-0.05, 0) is 30.4 Å². The molecule has 5 nitrogen and oxygen atoms in total. The smallest absolute Gasteiger partial charge is 0.233 e. The van der Waals surface area contributed by atoms with Crippen molar-refractivity contribution in [3.63, 3.8) is 0 Å². The second-order valence-electron chi connectivity index (χ2n) is 5.58. The van der Waals surface area contributed by atoms with E-state index in [1.54, 1.807) is 0 Å². The molecule has 0 heterocycles. The van der Waals surface area contributed by atoms with Crippen LogP contribution in [0.25, 0.3) is 0 Å². The number of nitrogens with two attached hydrogens (primary N) is 1. The van der Waals surface area contributed by atoms with Crippen molar-refractivity contribution in [2.45, 2.75) is 39.0 Å². The lowest BCUT2D eigenvalue weighted by Gasteiger charge is -2.33. The third-order valence-electron chi connectivity index (χ3n) is 4.71. The first-order valence-corrected chi connectivity index (χ1v) is 7.43. The largest absolute Gasteiger partial charge is 0.409 e. The number of nitrogens with one attached hydrogen (secondary N) is 1. The molecule has 1 amide bonds. The number of rotatable bonds is 6. The van der Waals surface area contributed by atoms with Gasteiger partial charge in [0.05, 0.1) is 0 Å². The molecule has 1 aromatic rings. The molecule has 21 heavy (non-hydrogen) atoms. The topological polar surface area (TPSA) is 87.7 Å². The molecule has 1 atom stereocenters. The fourth-order valence-electron chi connectivity index (χ4n) is 3.08. The van der Waals surface area contributed by atoms with E-state index in [0.717, 1.165) is 6.42 Å². The van der Waals surface area contributed by atoms with E-state index in [0.29, 0.717) is 25.3 Å². The first-order chi connectivity index (χ1) is 10.1. The number of benzene rings is 1. The Hall–Kier alpha value is -2.04. The highest BCUT2D eigenvalue weighted by molar-refractivity contribution is 6.06. The number of hydrogen-bond acceptors (Lipinski definition) is 3. The van der Waals surface area contributed by atoms with E-state index in [1.807, 2.05) is 26.0 Å². The zero-order valence-corrected chi connectivity index (χ0v) is 12.6. The van der Waals surface area contributed by atoms with Crippen LogP contribution in [-0.2, 0) is 11.2 Å². The molecule has 0 saturated heterocycles. The number of oxime groups is 1. The minimum Gasteiger partial charge on any atom is -0.409 e. The highest BCUT2D eigenvalue weighted by Gasteiger charge is 2.40. The second kappa shape index (κ2) is 6.16. The van der Waals surface area contributed by atoms with Gasteiger partial charge in [-0.1, -0.05) is 43.3 Å². The summed E-state index contributed by atoms with van der Waals surface area (Å²) >= 11 is 0. The summed E-state index contributed by atoms with van der Waals surface area (Å²) in [6.45, 7) is 4.34. The average molecular weight is 289 g/mol. The Morgan fingerprint density at radius 3 is 2.67 bits per heavy atom. The van der Waals surface area contributed by atoms with E-state index >= 15 is 0 Å². The highest BCUT2D eigenvalue weighted by atomic mass is 16.4. The van der Waals surface area contributed by atoms with Crippen LogP contribution in [0.15, 0.2) is 29.4 Å². The Kier molecular flexibility index (Phi) is 4.50. The number of amides is 1. The lowest BCUT2D eigenvalue weighted by Crippen LogP contribution is -2.50. The van der Waals surface area contributed by atoms with Crippen LogP contribution in [0.2, 0.25) is 0 Å². The van der Waals surface area contributed by atoms with Crippen LogP contribution in [0.3, 0.4) is 0 Å². The van der Waals surface area contributed by atoms with Crippen molar-refractivity contribution in [2.75, 3.05) is 6.54 Å². The lowest BCUT2D eigenvalue weighted by molar-refractivity contribution is -0.128. The maximum atomic E-state index is 12.5. The molecule has 114 valence electrons. The number of nitrogens with zero attached hydrogens (tertiary/aromatic N) is 1. The predicted molar refractivity (Wildman–Crippen MR) is 82.3 cm³/mol. The van der Waals surface area contributed by atoms with E-state index in [1.165, 1.54) is 11.1 Å². The van der Waals surface area contributed by atoms with Crippen molar-refractivity contribution in [1.82, 2.24) is 5.32 Å². The minimum absolute atomic E-state index is 0.0148. The summed E-state index contributed by atoms with van der Waals surface area (Å²) in [7, 11) is 0. The Morgan fingerprint density at radius 2 is 2.10 bits per heavy atom. The molecule has 0 radical (unpaired) electrons. The van der Waals surface area contributed by atoms with E-state index in [2.05, 4.69) is 22.6 Å². The summed E-state index contributed by atoms with van der Waals surface area (Å²) < 4.78 is 0. The lowest BCUT2D eigenvalue weighted by atomic mass is 9.76. The third-order valence-corrected chi connectivity index (χ3v) is 4.71. The van der Waals surface area contributed by atoms with Crippen LogP contribution in [0.5, 0.6) is 0 Å². The van der Waals surface area contributed by atoms with E-state index < -0.39 is 5.41 Å².